The molecule has 0 aliphatic heterocycles. The zero-order valence-electron chi connectivity index (χ0n) is 39.8. The SMILES string of the molecule is CCCCCCCCCCCCCCCC(=O)O[C@@H](COPOCc1ccccc1)COC(=O)CCCCCCCCCCCNC(=O)OCc1ccccc1.[CH2-]CC.[CH2-]CC.[Ni+2]. The van der Waals surface area contributed by atoms with Gasteiger partial charge in [0.25, 0.3) is 0 Å². The van der Waals surface area contributed by atoms with E-state index in [2.05, 4.69) is 26.1 Å². The number of hydrogen-bond donors (Lipinski definition) is 1. The summed E-state index contributed by atoms with van der Waals surface area (Å²) in [5, 5.41) is 2.82. The Morgan fingerprint density at radius 1 is 0.524 bits per heavy atom. The molecule has 2 aromatic rings. The van der Waals surface area contributed by atoms with Gasteiger partial charge >= 0.3 is 34.5 Å². The van der Waals surface area contributed by atoms with Crippen LogP contribution in [0.3, 0.4) is 0 Å². The second-order valence-electron chi connectivity index (χ2n) is 15.9. The van der Waals surface area contributed by atoms with Crippen molar-refractivity contribution in [1.29, 1.82) is 0 Å². The maximum atomic E-state index is 12.7. The van der Waals surface area contributed by atoms with Gasteiger partial charge in [0.15, 0.2) is 15.1 Å². The number of amides is 1. The Bertz CT molecular complexity index is 1260. The fraction of sp³-hybridized carbons (Fsp3) is 0.673. The summed E-state index contributed by atoms with van der Waals surface area (Å²) in [6.07, 6.45) is 27.4. The smallest absolute Gasteiger partial charge is 0.462 e. The minimum atomic E-state index is -0.662. The van der Waals surface area contributed by atoms with Crippen LogP contribution in [0.15, 0.2) is 60.7 Å². The molecule has 9 nitrogen and oxygen atoms in total. The Labute approximate surface area is 397 Å². The zero-order valence-corrected chi connectivity index (χ0v) is 41.8. The molecule has 0 saturated heterocycles. The van der Waals surface area contributed by atoms with Gasteiger partial charge < -0.3 is 42.4 Å². The van der Waals surface area contributed by atoms with Crippen LogP contribution >= 0.6 is 9.03 Å². The van der Waals surface area contributed by atoms with Gasteiger partial charge in [-0.25, -0.2) is 4.79 Å². The fourth-order valence-electron chi connectivity index (χ4n) is 6.36. The van der Waals surface area contributed by atoms with E-state index < -0.39 is 6.10 Å². The first-order valence-corrected chi connectivity index (χ1v) is 25.1. The van der Waals surface area contributed by atoms with Crippen LogP contribution in [0, 0.1) is 13.8 Å². The Kier molecular flexibility index (Phi) is 50.2. The second kappa shape index (κ2) is 50.5. The van der Waals surface area contributed by atoms with Crippen LogP contribution in [0.5, 0.6) is 0 Å². The predicted octanol–water partition coefficient (Wildman–Crippen LogP) is 15.0. The molecule has 0 aromatic heterocycles. The van der Waals surface area contributed by atoms with E-state index in [0.29, 0.717) is 26.0 Å². The number of carbonyl (C=O) groups is 3. The first-order valence-electron chi connectivity index (χ1n) is 24.3. The van der Waals surface area contributed by atoms with E-state index >= 15 is 0 Å². The van der Waals surface area contributed by atoms with Gasteiger partial charge in [0, 0.05) is 19.4 Å². The standard InChI is InChI=1S/C46H74NO8P.2C3H7.Ni/c1-2-3-4-5-6-7-8-9-10-12-16-19-28-35-45(49)55-43(40-54-56-53-38-42-32-25-22-26-33-42)39-51-44(48)34-27-18-15-13-11-14-17-20-29-36-47-46(50)52-37-41-30-23-21-24-31-41;2*1-3-2;/h21-26,30-33,43,56H,2-20,27-29,34-40H2,1H3,(H,47,50);2*1,3H2,2H3;/q;2*-1;+2/t43-;;;/m1.../s1. The Balaban J connectivity index is 0. The molecule has 63 heavy (non-hydrogen) atoms. The third kappa shape index (κ3) is 45.8. The van der Waals surface area contributed by atoms with E-state index in [1.54, 1.807) is 0 Å². The average molecular weight is 945 g/mol. The molecular formula is C52H88NNiO8P. The quantitative estimate of drug-likeness (QED) is 0.0178. The van der Waals surface area contributed by atoms with E-state index in [-0.39, 0.29) is 63.4 Å². The van der Waals surface area contributed by atoms with Crippen molar-refractivity contribution in [2.24, 2.45) is 0 Å². The van der Waals surface area contributed by atoms with E-state index in [4.69, 9.17) is 23.3 Å². The van der Waals surface area contributed by atoms with Crippen LogP contribution in [-0.4, -0.2) is 43.9 Å². The largest absolute Gasteiger partial charge is 2.00 e. The van der Waals surface area contributed by atoms with Crippen molar-refractivity contribution >= 4 is 27.1 Å². The summed E-state index contributed by atoms with van der Waals surface area (Å²) in [7, 11) is -0.212. The summed E-state index contributed by atoms with van der Waals surface area (Å²) in [6.45, 7) is 14.7. The Hall–Kier alpha value is -2.51. The second-order valence-corrected chi connectivity index (χ2v) is 16.6. The van der Waals surface area contributed by atoms with E-state index in [1.807, 2.05) is 74.5 Å². The average Bonchev–Trinajstić information content (AvgIpc) is 3.27. The van der Waals surface area contributed by atoms with E-state index in [1.165, 1.54) is 77.0 Å². The molecule has 0 bridgehead atoms. The summed E-state index contributed by atoms with van der Waals surface area (Å²) >= 11 is 0. The molecule has 0 aliphatic carbocycles. The summed E-state index contributed by atoms with van der Waals surface area (Å²) in [4.78, 5) is 37.0. The van der Waals surface area contributed by atoms with Crippen molar-refractivity contribution in [2.45, 2.75) is 207 Å². The number of unbranched alkanes of at least 4 members (excludes halogenated alkanes) is 20. The topological polar surface area (TPSA) is 109 Å². The van der Waals surface area contributed by atoms with E-state index in [9.17, 15) is 14.4 Å². The molecule has 2 aromatic carbocycles. The molecule has 0 spiro atoms. The molecule has 0 aliphatic rings. The minimum absolute atomic E-state index is 0. The number of nitrogens with one attached hydrogen (secondary N) is 1. The van der Waals surface area contributed by atoms with Crippen molar-refractivity contribution in [1.82, 2.24) is 5.32 Å². The molecule has 364 valence electrons. The molecular weight excluding hydrogens is 856 g/mol. The van der Waals surface area contributed by atoms with Crippen LogP contribution in [0.4, 0.5) is 4.79 Å². The molecule has 1 unspecified atom stereocenters. The van der Waals surface area contributed by atoms with E-state index in [0.717, 1.165) is 88.2 Å². The zero-order chi connectivity index (χ0) is 45.4. The third-order valence-electron chi connectivity index (χ3n) is 9.72. The third-order valence-corrected chi connectivity index (χ3v) is 10.3. The normalized spacial score (nSPS) is 11.1. The number of benzene rings is 2. The molecule has 2 rings (SSSR count). The van der Waals surface area contributed by atoms with Gasteiger partial charge in [0.1, 0.15) is 13.2 Å². The number of esters is 2. The van der Waals surface area contributed by atoms with Crippen molar-refractivity contribution in [3.8, 4) is 0 Å². The molecule has 0 heterocycles. The van der Waals surface area contributed by atoms with Gasteiger partial charge in [-0.1, -0.05) is 203 Å². The van der Waals surface area contributed by atoms with Crippen molar-refractivity contribution in [2.75, 3.05) is 19.8 Å². The first-order chi connectivity index (χ1) is 30.4. The number of hydrogen-bond acceptors (Lipinski definition) is 8. The molecule has 0 radical (unpaired) electrons. The molecule has 2 atom stereocenters. The molecule has 11 heteroatoms. The van der Waals surface area contributed by atoms with Crippen LogP contribution in [0.1, 0.15) is 199 Å². The summed E-state index contributed by atoms with van der Waals surface area (Å²) < 4.78 is 27.8. The van der Waals surface area contributed by atoms with Crippen LogP contribution in [0.2, 0.25) is 0 Å². The van der Waals surface area contributed by atoms with Crippen molar-refractivity contribution < 1.29 is 54.1 Å². The maximum Gasteiger partial charge on any atom is 2.00 e. The Morgan fingerprint density at radius 2 is 0.937 bits per heavy atom. The van der Waals surface area contributed by atoms with Crippen molar-refractivity contribution in [3.05, 3.63) is 85.6 Å². The number of alkyl carbamates (subject to hydrolysis) is 1. The number of rotatable bonds is 37. The monoisotopic (exact) mass is 944 g/mol. The minimum Gasteiger partial charge on any atom is -0.462 e. The van der Waals surface area contributed by atoms with Gasteiger partial charge in [-0.2, -0.15) is 12.8 Å². The summed E-state index contributed by atoms with van der Waals surface area (Å²) in [5.41, 5.74) is 2.03. The van der Waals surface area contributed by atoms with Gasteiger partial charge in [0.05, 0.1) is 13.2 Å². The van der Waals surface area contributed by atoms with Crippen LogP contribution in [-0.2, 0) is 62.6 Å². The van der Waals surface area contributed by atoms with Gasteiger partial charge in [-0.05, 0) is 30.4 Å². The molecule has 1 amide bonds. The van der Waals surface area contributed by atoms with Gasteiger partial charge in [-0.3, -0.25) is 9.59 Å². The first kappa shape index (κ1) is 62.6. The Morgan fingerprint density at radius 3 is 1.41 bits per heavy atom. The molecule has 0 saturated carbocycles. The maximum absolute atomic E-state index is 12.7. The summed E-state index contributed by atoms with van der Waals surface area (Å²) in [5.74, 6) is -0.551. The summed E-state index contributed by atoms with van der Waals surface area (Å²) in [6, 6.07) is 19.5. The predicted molar refractivity (Wildman–Crippen MR) is 259 cm³/mol. The van der Waals surface area contributed by atoms with Crippen LogP contribution < -0.4 is 5.32 Å². The number of carbonyl (C=O) groups excluding carboxylic acids is 3. The number of ether oxygens (including phenoxy) is 3. The molecule has 1 N–H and O–H groups in total. The van der Waals surface area contributed by atoms with Gasteiger partial charge in [-0.15, -0.1) is 0 Å². The van der Waals surface area contributed by atoms with Crippen LogP contribution in [0.25, 0.3) is 0 Å². The fourth-order valence-corrected chi connectivity index (χ4v) is 6.92. The van der Waals surface area contributed by atoms with Gasteiger partial charge in [0.2, 0.25) is 0 Å². The van der Waals surface area contributed by atoms with Crippen molar-refractivity contribution in [3.63, 3.8) is 0 Å². The molecule has 0 fully saturated rings.